The lowest BCUT2D eigenvalue weighted by molar-refractivity contribution is -0.118. The van der Waals surface area contributed by atoms with Crippen LogP contribution in [-0.2, 0) is 18.4 Å². The van der Waals surface area contributed by atoms with E-state index >= 15 is 0 Å². The van der Waals surface area contributed by atoms with Gasteiger partial charge in [-0.1, -0.05) is 24.3 Å². The van der Waals surface area contributed by atoms with Crippen molar-refractivity contribution in [2.45, 2.75) is 11.4 Å². The second-order valence-electron chi connectivity index (χ2n) is 5.87. The van der Waals surface area contributed by atoms with Crippen molar-refractivity contribution in [2.24, 2.45) is 7.05 Å². The van der Waals surface area contributed by atoms with Gasteiger partial charge in [-0.25, -0.2) is 4.98 Å². The number of aromatic nitrogens is 3. The molecule has 0 aliphatic carbocycles. The predicted molar refractivity (Wildman–Crippen MR) is 101 cm³/mol. The molecule has 0 bridgehead atoms. The van der Waals surface area contributed by atoms with Gasteiger partial charge in [-0.15, -0.1) is 11.8 Å². The molecule has 1 aromatic carbocycles. The Kier molecular flexibility index (Phi) is 4.19. The van der Waals surface area contributed by atoms with Crippen molar-refractivity contribution < 1.29 is 4.79 Å². The lowest BCUT2D eigenvalue weighted by Crippen LogP contribution is -2.25. The van der Waals surface area contributed by atoms with E-state index in [1.54, 1.807) is 18.0 Å². The number of hydrogen-bond donors (Lipinski definition) is 1. The molecule has 0 spiro atoms. The minimum Gasteiger partial charge on any atom is -0.350 e. The van der Waals surface area contributed by atoms with Crippen LogP contribution >= 0.6 is 11.8 Å². The molecule has 0 aliphatic rings. The summed E-state index contributed by atoms with van der Waals surface area (Å²) in [4.78, 5) is 17.7. The number of fused-ring (bicyclic) bond motifs is 2. The highest BCUT2D eigenvalue weighted by Crippen LogP contribution is 2.29. The van der Waals surface area contributed by atoms with Crippen LogP contribution in [0.1, 0.15) is 5.69 Å². The third-order valence-corrected chi connectivity index (χ3v) is 5.22. The SMILES string of the molecule is Cn1cc(SCC(=O)NCc2cnc3ccccn23)c2ccccc21. The van der Waals surface area contributed by atoms with E-state index in [4.69, 9.17) is 0 Å². The summed E-state index contributed by atoms with van der Waals surface area (Å²) in [7, 11) is 2.03. The zero-order valence-corrected chi connectivity index (χ0v) is 14.7. The smallest absolute Gasteiger partial charge is 0.230 e. The van der Waals surface area contributed by atoms with E-state index in [-0.39, 0.29) is 5.91 Å². The number of carbonyl (C=O) groups excluding carboxylic acids is 1. The number of benzene rings is 1. The first-order chi connectivity index (χ1) is 12.2. The van der Waals surface area contributed by atoms with Gasteiger partial charge in [0.15, 0.2) is 0 Å². The normalized spacial score (nSPS) is 11.2. The topological polar surface area (TPSA) is 51.3 Å². The fourth-order valence-corrected chi connectivity index (χ4v) is 3.87. The van der Waals surface area contributed by atoms with Crippen molar-refractivity contribution >= 4 is 34.2 Å². The summed E-state index contributed by atoms with van der Waals surface area (Å²) in [6, 6.07) is 14.1. The second kappa shape index (κ2) is 6.64. The number of nitrogens with one attached hydrogen (secondary N) is 1. The fourth-order valence-electron chi connectivity index (χ4n) is 2.92. The molecule has 5 nitrogen and oxygen atoms in total. The van der Waals surface area contributed by atoms with Gasteiger partial charge < -0.3 is 14.3 Å². The summed E-state index contributed by atoms with van der Waals surface area (Å²) in [6.45, 7) is 0.472. The van der Waals surface area contributed by atoms with Crippen LogP contribution in [0.15, 0.2) is 66.0 Å². The first-order valence-electron chi connectivity index (χ1n) is 8.07. The van der Waals surface area contributed by atoms with Crippen molar-refractivity contribution in [2.75, 3.05) is 5.75 Å². The van der Waals surface area contributed by atoms with E-state index in [2.05, 4.69) is 33.2 Å². The number of pyridine rings is 1. The number of rotatable bonds is 5. The molecule has 3 heterocycles. The largest absolute Gasteiger partial charge is 0.350 e. The molecule has 0 saturated carbocycles. The number of amides is 1. The monoisotopic (exact) mass is 350 g/mol. The molecule has 4 rings (SSSR count). The highest BCUT2D eigenvalue weighted by Gasteiger charge is 2.10. The van der Waals surface area contributed by atoms with Crippen molar-refractivity contribution in [1.82, 2.24) is 19.3 Å². The van der Waals surface area contributed by atoms with Gasteiger partial charge in [-0.05, 0) is 18.2 Å². The molecular weight excluding hydrogens is 332 g/mol. The Morgan fingerprint density at radius 3 is 2.96 bits per heavy atom. The van der Waals surface area contributed by atoms with Gasteiger partial charge in [0.25, 0.3) is 0 Å². The number of hydrogen-bond acceptors (Lipinski definition) is 3. The Morgan fingerprint density at radius 2 is 2.04 bits per heavy atom. The average molecular weight is 350 g/mol. The maximum atomic E-state index is 12.2. The molecule has 1 N–H and O–H groups in total. The number of para-hydroxylation sites is 1. The lowest BCUT2D eigenvalue weighted by Gasteiger charge is -2.05. The summed E-state index contributed by atoms with van der Waals surface area (Å²) in [5.74, 6) is 0.411. The molecule has 4 aromatic rings. The summed E-state index contributed by atoms with van der Waals surface area (Å²) in [5, 5.41) is 4.16. The van der Waals surface area contributed by atoms with Crippen LogP contribution in [0.3, 0.4) is 0 Å². The molecule has 1 amide bonds. The van der Waals surface area contributed by atoms with Crippen LogP contribution in [0.2, 0.25) is 0 Å². The first kappa shape index (κ1) is 15.8. The first-order valence-corrected chi connectivity index (χ1v) is 9.05. The van der Waals surface area contributed by atoms with E-state index in [0.717, 1.165) is 16.2 Å². The third kappa shape index (κ3) is 3.13. The van der Waals surface area contributed by atoms with Crippen LogP contribution in [-0.4, -0.2) is 25.6 Å². The summed E-state index contributed by atoms with van der Waals surface area (Å²) in [6.07, 6.45) is 5.83. The number of carbonyl (C=O) groups is 1. The predicted octanol–water partition coefficient (Wildman–Crippen LogP) is 3.23. The zero-order valence-electron chi connectivity index (χ0n) is 13.8. The van der Waals surface area contributed by atoms with E-state index < -0.39 is 0 Å². The van der Waals surface area contributed by atoms with E-state index in [9.17, 15) is 4.79 Å². The summed E-state index contributed by atoms with van der Waals surface area (Å²) >= 11 is 1.56. The van der Waals surface area contributed by atoms with Gasteiger partial charge in [-0.2, -0.15) is 0 Å². The number of nitrogens with zero attached hydrogens (tertiary/aromatic N) is 3. The van der Waals surface area contributed by atoms with Gasteiger partial charge >= 0.3 is 0 Å². The van der Waals surface area contributed by atoms with Crippen molar-refractivity contribution in [3.05, 3.63) is 66.7 Å². The summed E-state index contributed by atoms with van der Waals surface area (Å²) < 4.78 is 4.08. The van der Waals surface area contributed by atoms with Gasteiger partial charge in [0.05, 0.1) is 24.2 Å². The number of thioether (sulfide) groups is 1. The van der Waals surface area contributed by atoms with Crippen LogP contribution in [0.4, 0.5) is 0 Å². The van der Waals surface area contributed by atoms with Crippen LogP contribution in [0.5, 0.6) is 0 Å². The highest BCUT2D eigenvalue weighted by atomic mass is 32.2. The molecule has 126 valence electrons. The fraction of sp³-hybridized carbons (Fsp3) is 0.158. The molecule has 0 aliphatic heterocycles. The molecule has 0 unspecified atom stereocenters. The van der Waals surface area contributed by atoms with Gasteiger partial charge in [-0.3, -0.25) is 4.79 Å². The van der Waals surface area contributed by atoms with Crippen LogP contribution < -0.4 is 5.32 Å². The highest BCUT2D eigenvalue weighted by molar-refractivity contribution is 8.00. The van der Waals surface area contributed by atoms with Crippen molar-refractivity contribution in [3.8, 4) is 0 Å². The van der Waals surface area contributed by atoms with E-state index in [1.807, 2.05) is 48.0 Å². The molecule has 0 atom stereocenters. The number of imidazole rings is 1. The Balaban J connectivity index is 1.39. The molecule has 6 heteroatoms. The van der Waals surface area contributed by atoms with Crippen LogP contribution in [0, 0.1) is 0 Å². The molecule has 0 radical (unpaired) electrons. The molecule has 3 aromatic heterocycles. The van der Waals surface area contributed by atoms with Crippen LogP contribution in [0.25, 0.3) is 16.6 Å². The second-order valence-corrected chi connectivity index (χ2v) is 6.88. The van der Waals surface area contributed by atoms with Gasteiger partial charge in [0.1, 0.15) is 5.65 Å². The quantitative estimate of drug-likeness (QED) is 0.562. The minimum atomic E-state index is 0.0174. The Morgan fingerprint density at radius 1 is 1.20 bits per heavy atom. The molecule has 25 heavy (non-hydrogen) atoms. The standard InChI is InChI=1S/C19H18N4OS/c1-22-12-17(15-6-2-3-7-16(15)22)25-13-19(24)21-11-14-10-20-18-8-4-5-9-23(14)18/h2-10,12H,11,13H2,1H3,(H,21,24). The number of aryl methyl sites for hydroxylation is 1. The van der Waals surface area contributed by atoms with E-state index in [1.165, 1.54) is 10.9 Å². The lowest BCUT2D eigenvalue weighted by atomic mass is 10.2. The van der Waals surface area contributed by atoms with E-state index in [0.29, 0.717) is 12.3 Å². The maximum Gasteiger partial charge on any atom is 0.230 e. The average Bonchev–Trinajstić information content (AvgIpc) is 3.20. The Hall–Kier alpha value is -2.73. The third-order valence-electron chi connectivity index (χ3n) is 4.18. The van der Waals surface area contributed by atoms with Crippen molar-refractivity contribution in [1.29, 1.82) is 0 Å². The molecule has 0 saturated heterocycles. The Labute approximate surface area is 149 Å². The summed E-state index contributed by atoms with van der Waals surface area (Å²) in [5.41, 5.74) is 3.03. The van der Waals surface area contributed by atoms with Crippen molar-refractivity contribution in [3.63, 3.8) is 0 Å². The molecular formula is C19H18N4OS. The van der Waals surface area contributed by atoms with Gasteiger partial charge in [0, 0.05) is 35.2 Å². The zero-order chi connectivity index (χ0) is 17.2. The minimum absolute atomic E-state index is 0.0174. The molecule has 0 fully saturated rings. The maximum absolute atomic E-state index is 12.2. The van der Waals surface area contributed by atoms with Gasteiger partial charge in [0.2, 0.25) is 5.91 Å². The Bertz CT molecular complexity index is 1050.